The van der Waals surface area contributed by atoms with E-state index in [1.807, 2.05) is 0 Å². The van der Waals surface area contributed by atoms with Gasteiger partial charge in [-0.05, 0) is 49.4 Å². The highest BCUT2D eigenvalue weighted by Gasteiger charge is 2.22. The van der Waals surface area contributed by atoms with Crippen molar-refractivity contribution in [1.82, 2.24) is 0 Å². The van der Waals surface area contributed by atoms with Gasteiger partial charge in [0.2, 0.25) is 12.6 Å². The Morgan fingerprint density at radius 3 is 2.43 bits per heavy atom. The lowest BCUT2D eigenvalue weighted by atomic mass is 10.1. The van der Waals surface area contributed by atoms with Gasteiger partial charge >= 0.3 is 5.97 Å². The number of halogens is 1. The van der Waals surface area contributed by atoms with E-state index in [1.54, 1.807) is 6.07 Å². The highest BCUT2D eigenvalue weighted by Crippen LogP contribution is 2.32. The minimum atomic E-state index is -0.988. The van der Waals surface area contributed by atoms with E-state index >= 15 is 0 Å². The SMILES string of the molecule is C[C@H](OC(=O)c1ccc2c(c1)OCO2)C(=O)c1ccc(F)cc1. The van der Waals surface area contributed by atoms with Crippen molar-refractivity contribution in [3.8, 4) is 11.5 Å². The van der Waals surface area contributed by atoms with Gasteiger partial charge in [-0.2, -0.15) is 0 Å². The number of carbonyl (C=O) groups is 2. The molecule has 0 amide bonds. The highest BCUT2D eigenvalue weighted by atomic mass is 19.1. The van der Waals surface area contributed by atoms with Crippen molar-refractivity contribution in [3.05, 3.63) is 59.4 Å². The van der Waals surface area contributed by atoms with Gasteiger partial charge in [-0.1, -0.05) is 0 Å². The van der Waals surface area contributed by atoms with Gasteiger partial charge in [-0.3, -0.25) is 4.79 Å². The van der Waals surface area contributed by atoms with Crippen LogP contribution in [0.25, 0.3) is 0 Å². The van der Waals surface area contributed by atoms with Crippen LogP contribution in [-0.4, -0.2) is 24.6 Å². The van der Waals surface area contributed by atoms with Crippen molar-refractivity contribution in [1.29, 1.82) is 0 Å². The van der Waals surface area contributed by atoms with Crippen LogP contribution in [0.4, 0.5) is 4.39 Å². The summed E-state index contributed by atoms with van der Waals surface area (Å²) in [5.74, 6) is -0.481. The molecule has 0 saturated carbocycles. The zero-order valence-corrected chi connectivity index (χ0v) is 12.2. The van der Waals surface area contributed by atoms with E-state index < -0.39 is 23.7 Å². The topological polar surface area (TPSA) is 61.8 Å². The third-order valence-corrected chi connectivity index (χ3v) is 3.39. The molecule has 0 radical (unpaired) electrons. The first-order valence-corrected chi connectivity index (χ1v) is 6.95. The molecule has 0 spiro atoms. The molecule has 23 heavy (non-hydrogen) atoms. The summed E-state index contributed by atoms with van der Waals surface area (Å²) in [4.78, 5) is 24.3. The minimum Gasteiger partial charge on any atom is -0.454 e. The number of benzene rings is 2. The lowest BCUT2D eigenvalue weighted by Crippen LogP contribution is -2.24. The van der Waals surface area contributed by atoms with Gasteiger partial charge in [0.05, 0.1) is 5.56 Å². The van der Waals surface area contributed by atoms with Crippen molar-refractivity contribution in [2.45, 2.75) is 13.0 Å². The molecule has 2 aromatic rings. The highest BCUT2D eigenvalue weighted by molar-refractivity contribution is 6.01. The Labute approximate surface area is 131 Å². The third kappa shape index (κ3) is 3.15. The fourth-order valence-electron chi connectivity index (χ4n) is 2.15. The lowest BCUT2D eigenvalue weighted by molar-refractivity contribution is 0.0318. The van der Waals surface area contributed by atoms with Crippen LogP contribution in [0.15, 0.2) is 42.5 Å². The van der Waals surface area contributed by atoms with E-state index in [0.717, 1.165) is 0 Å². The molecule has 0 aromatic heterocycles. The van der Waals surface area contributed by atoms with Crippen LogP contribution in [0.2, 0.25) is 0 Å². The number of rotatable bonds is 4. The monoisotopic (exact) mass is 316 g/mol. The molecule has 3 rings (SSSR count). The average Bonchev–Trinajstić information content (AvgIpc) is 3.02. The molecule has 0 saturated heterocycles. The largest absolute Gasteiger partial charge is 0.454 e. The second-order valence-corrected chi connectivity index (χ2v) is 4.99. The van der Waals surface area contributed by atoms with Crippen LogP contribution >= 0.6 is 0 Å². The standard InChI is InChI=1S/C17H13FO5/c1-10(16(19)11-2-5-13(18)6-3-11)23-17(20)12-4-7-14-15(8-12)22-9-21-14/h2-8,10H,9H2,1H3/t10-/m0/s1. The fraction of sp³-hybridized carbons (Fsp3) is 0.176. The van der Waals surface area contributed by atoms with Crippen molar-refractivity contribution < 1.29 is 28.2 Å². The van der Waals surface area contributed by atoms with E-state index in [-0.39, 0.29) is 17.9 Å². The van der Waals surface area contributed by atoms with Gasteiger partial charge in [-0.15, -0.1) is 0 Å². The van der Waals surface area contributed by atoms with Crippen LogP contribution in [-0.2, 0) is 4.74 Å². The molecule has 6 heteroatoms. The first-order valence-electron chi connectivity index (χ1n) is 6.95. The van der Waals surface area contributed by atoms with Gasteiger partial charge < -0.3 is 14.2 Å². The van der Waals surface area contributed by atoms with Crippen molar-refractivity contribution in [3.63, 3.8) is 0 Å². The average molecular weight is 316 g/mol. The predicted molar refractivity (Wildman–Crippen MR) is 78.2 cm³/mol. The fourth-order valence-corrected chi connectivity index (χ4v) is 2.15. The molecule has 1 heterocycles. The van der Waals surface area contributed by atoms with Crippen molar-refractivity contribution in [2.24, 2.45) is 0 Å². The van der Waals surface area contributed by atoms with E-state index in [2.05, 4.69) is 0 Å². The first-order chi connectivity index (χ1) is 11.0. The lowest BCUT2D eigenvalue weighted by Gasteiger charge is -2.12. The zero-order chi connectivity index (χ0) is 16.4. The van der Waals surface area contributed by atoms with Crippen molar-refractivity contribution >= 4 is 11.8 Å². The Hall–Kier alpha value is -2.89. The van der Waals surface area contributed by atoms with Crippen LogP contribution in [0.1, 0.15) is 27.6 Å². The normalized spacial score (nSPS) is 13.5. The summed E-state index contributed by atoms with van der Waals surface area (Å²) in [6.45, 7) is 1.57. The Kier molecular flexibility index (Phi) is 3.97. The number of esters is 1. The van der Waals surface area contributed by atoms with E-state index in [4.69, 9.17) is 14.2 Å². The van der Waals surface area contributed by atoms with Gasteiger partial charge in [0.25, 0.3) is 0 Å². The van der Waals surface area contributed by atoms with Crippen LogP contribution in [0.5, 0.6) is 11.5 Å². The summed E-state index contributed by atoms with van der Waals surface area (Å²) in [7, 11) is 0. The number of ether oxygens (including phenoxy) is 3. The van der Waals surface area contributed by atoms with Gasteiger partial charge in [0, 0.05) is 5.56 Å². The number of hydrogen-bond donors (Lipinski definition) is 0. The molecule has 0 bridgehead atoms. The number of ketones is 1. The maximum Gasteiger partial charge on any atom is 0.338 e. The van der Waals surface area contributed by atoms with Crippen LogP contribution in [0, 0.1) is 5.82 Å². The summed E-state index contributed by atoms with van der Waals surface area (Å²) >= 11 is 0. The number of fused-ring (bicyclic) bond motifs is 1. The summed E-state index contributed by atoms with van der Waals surface area (Å²) in [5, 5.41) is 0. The maximum absolute atomic E-state index is 12.9. The molecule has 5 nitrogen and oxygen atoms in total. The number of hydrogen-bond acceptors (Lipinski definition) is 5. The molecular formula is C17H13FO5. The van der Waals surface area contributed by atoms with Gasteiger partial charge in [-0.25, -0.2) is 9.18 Å². The summed E-state index contributed by atoms with van der Waals surface area (Å²) in [6.07, 6.45) is -0.988. The number of carbonyl (C=O) groups excluding carboxylic acids is 2. The summed E-state index contributed by atoms with van der Waals surface area (Å²) in [6, 6.07) is 9.69. The quantitative estimate of drug-likeness (QED) is 0.641. The summed E-state index contributed by atoms with van der Waals surface area (Å²) < 4.78 is 28.4. The van der Waals surface area contributed by atoms with Gasteiger partial charge in [0.15, 0.2) is 17.6 Å². The number of Topliss-reactive ketones (excluding diaryl/α,β-unsaturated/α-hetero) is 1. The Morgan fingerprint density at radius 1 is 1.04 bits per heavy atom. The first kappa shape index (κ1) is 15.0. The van der Waals surface area contributed by atoms with E-state index in [0.29, 0.717) is 11.5 Å². The van der Waals surface area contributed by atoms with Gasteiger partial charge in [0.1, 0.15) is 5.82 Å². The molecule has 1 atom stereocenters. The second-order valence-electron chi connectivity index (χ2n) is 4.99. The molecule has 0 unspecified atom stereocenters. The Morgan fingerprint density at radius 2 is 1.70 bits per heavy atom. The van der Waals surface area contributed by atoms with Crippen LogP contribution in [0.3, 0.4) is 0 Å². The summed E-state index contributed by atoms with van der Waals surface area (Å²) in [5.41, 5.74) is 0.533. The maximum atomic E-state index is 12.9. The Bertz CT molecular complexity index is 754. The molecule has 1 aliphatic heterocycles. The second kappa shape index (κ2) is 6.08. The predicted octanol–water partition coefficient (Wildman–Crippen LogP) is 2.98. The van der Waals surface area contributed by atoms with Crippen LogP contribution < -0.4 is 9.47 Å². The molecule has 0 N–H and O–H groups in total. The van der Waals surface area contributed by atoms with Crippen molar-refractivity contribution in [2.75, 3.05) is 6.79 Å². The van der Waals surface area contributed by atoms with E-state index in [9.17, 15) is 14.0 Å². The molecule has 2 aromatic carbocycles. The molecule has 118 valence electrons. The molecular weight excluding hydrogens is 303 g/mol. The smallest absolute Gasteiger partial charge is 0.338 e. The zero-order valence-electron chi connectivity index (χ0n) is 12.2. The molecule has 0 fully saturated rings. The molecule has 1 aliphatic rings. The van der Waals surface area contributed by atoms with E-state index in [1.165, 1.54) is 43.3 Å². The minimum absolute atomic E-state index is 0.104. The Balaban J connectivity index is 1.69. The molecule has 0 aliphatic carbocycles. The third-order valence-electron chi connectivity index (χ3n) is 3.39.